The van der Waals surface area contributed by atoms with Gasteiger partial charge >= 0.3 is 12.1 Å². The summed E-state index contributed by atoms with van der Waals surface area (Å²) in [5.74, 6) is -2.76. The van der Waals surface area contributed by atoms with Crippen LogP contribution in [0.2, 0.25) is 5.02 Å². The smallest absolute Gasteiger partial charge is 0.416 e. The van der Waals surface area contributed by atoms with Crippen molar-refractivity contribution in [3.63, 3.8) is 0 Å². The third kappa shape index (κ3) is 4.68. The van der Waals surface area contributed by atoms with E-state index in [0.717, 1.165) is 18.6 Å². The lowest BCUT2D eigenvalue weighted by molar-refractivity contribution is -0.498. The van der Waals surface area contributed by atoms with Gasteiger partial charge in [0, 0.05) is 6.21 Å². The van der Waals surface area contributed by atoms with Crippen LogP contribution in [0.3, 0.4) is 0 Å². The molecule has 0 saturated heterocycles. The fraction of sp³-hybridized carbons (Fsp3) is 0.111. The first-order valence-corrected chi connectivity index (χ1v) is 7.99. The van der Waals surface area contributed by atoms with Crippen LogP contribution >= 0.6 is 11.6 Å². The van der Waals surface area contributed by atoms with Crippen molar-refractivity contribution in [2.75, 3.05) is 7.11 Å². The molecule has 4 N–H and O–H groups in total. The van der Waals surface area contributed by atoms with Crippen LogP contribution in [0.15, 0.2) is 36.5 Å². The summed E-state index contributed by atoms with van der Waals surface area (Å²) in [5.41, 5.74) is -1.15. The van der Waals surface area contributed by atoms with Crippen LogP contribution in [0, 0.1) is 11.2 Å². The van der Waals surface area contributed by atoms with Crippen molar-refractivity contribution in [1.29, 1.82) is 5.41 Å². The van der Waals surface area contributed by atoms with Crippen LogP contribution in [-0.4, -0.2) is 24.4 Å². The molecule has 5 nitrogen and oxygen atoms in total. The summed E-state index contributed by atoms with van der Waals surface area (Å²) in [5, 5.41) is 17.8. The number of ether oxygens (including phenoxy) is 1. The first-order chi connectivity index (χ1) is 13.1. The quantitative estimate of drug-likeness (QED) is 0.376. The molecular formula is C18H14ClF4N2O3+. The Balaban J connectivity index is 2.44. The standard InChI is InChI=1S/C18H13ClF4N2O3/c1-28-15-6-11(18(21,22)23)5-14(20)16(15)25-8-10(7-24)9-2-3-13(19)12(4-9)17(26)27/h2-8,24-25H,1H3,(H,26,27)/p+1. The highest BCUT2D eigenvalue weighted by atomic mass is 35.5. The third-order valence-corrected chi connectivity index (χ3v) is 4.08. The van der Waals surface area contributed by atoms with Crippen molar-refractivity contribution in [2.24, 2.45) is 0 Å². The van der Waals surface area contributed by atoms with Crippen molar-refractivity contribution in [3.8, 4) is 5.75 Å². The van der Waals surface area contributed by atoms with Crippen molar-refractivity contribution >= 4 is 35.0 Å². The molecule has 0 aromatic heterocycles. The van der Waals surface area contributed by atoms with E-state index in [1.807, 2.05) is 0 Å². The van der Waals surface area contributed by atoms with E-state index in [0.29, 0.717) is 17.7 Å². The topological polar surface area (TPSA) is 87.0 Å². The zero-order chi connectivity index (χ0) is 21.1. The Kier molecular flexibility index (Phi) is 6.42. The highest BCUT2D eigenvalue weighted by Crippen LogP contribution is 2.35. The number of carbonyl (C=O) groups is 1. The Morgan fingerprint density at radius 3 is 2.50 bits per heavy atom. The molecule has 0 unspecified atom stereocenters. The average molecular weight is 418 g/mol. The number of nitrogens with one attached hydrogen (secondary N) is 1. The molecule has 0 amide bonds. The Hall–Kier alpha value is -2.91. The predicted octanol–water partition coefficient (Wildman–Crippen LogP) is 4.09. The molecule has 0 aliphatic heterocycles. The number of carboxylic acid groups (broad SMARTS) is 1. The van der Waals surface area contributed by atoms with Crippen LogP contribution in [0.5, 0.6) is 5.75 Å². The molecule has 0 bridgehead atoms. The molecule has 0 saturated carbocycles. The zero-order valence-electron chi connectivity index (χ0n) is 14.3. The fourth-order valence-electron chi connectivity index (χ4n) is 2.36. The molecule has 0 aliphatic rings. The van der Waals surface area contributed by atoms with Gasteiger partial charge in [0.15, 0.2) is 11.6 Å². The van der Waals surface area contributed by atoms with Crippen molar-refractivity contribution in [1.82, 2.24) is 0 Å². The second kappa shape index (κ2) is 8.41. The molecule has 2 aromatic carbocycles. The minimum atomic E-state index is -4.74. The van der Waals surface area contributed by atoms with Gasteiger partial charge < -0.3 is 15.3 Å². The molecule has 0 atom stereocenters. The SMILES string of the molecule is COc1cc(C(F)(F)F)cc(F)c1[NH2+]C=C(C=N)c1ccc(Cl)c(C(=O)O)c1. The third-order valence-electron chi connectivity index (χ3n) is 3.75. The number of quaternary nitrogens is 1. The van der Waals surface area contributed by atoms with Crippen molar-refractivity contribution in [2.45, 2.75) is 6.18 Å². The normalized spacial score (nSPS) is 12.0. The lowest BCUT2D eigenvalue weighted by Crippen LogP contribution is -2.72. The number of benzene rings is 2. The van der Waals surface area contributed by atoms with Gasteiger partial charge in [-0.25, -0.2) is 9.18 Å². The number of alkyl halides is 3. The summed E-state index contributed by atoms with van der Waals surface area (Å²) >= 11 is 5.80. The largest absolute Gasteiger partial charge is 0.491 e. The highest BCUT2D eigenvalue weighted by Gasteiger charge is 2.33. The lowest BCUT2D eigenvalue weighted by Gasteiger charge is -2.11. The van der Waals surface area contributed by atoms with E-state index in [-0.39, 0.29) is 27.6 Å². The molecule has 0 heterocycles. The number of carboxylic acids is 1. The molecule has 148 valence electrons. The van der Waals surface area contributed by atoms with E-state index in [1.54, 1.807) is 0 Å². The molecule has 28 heavy (non-hydrogen) atoms. The monoisotopic (exact) mass is 417 g/mol. The van der Waals surface area contributed by atoms with Crippen LogP contribution in [0.1, 0.15) is 21.5 Å². The number of halogens is 5. The number of allylic oxidation sites excluding steroid dienone is 1. The first-order valence-electron chi connectivity index (χ1n) is 7.62. The number of hydrogen-bond donors (Lipinski definition) is 3. The van der Waals surface area contributed by atoms with Crippen LogP contribution < -0.4 is 10.1 Å². The summed E-state index contributed by atoms with van der Waals surface area (Å²) in [6.07, 6.45) is -2.59. The highest BCUT2D eigenvalue weighted by molar-refractivity contribution is 6.33. The Bertz CT molecular complexity index is 959. The van der Waals surface area contributed by atoms with Gasteiger partial charge in [0.1, 0.15) is 6.20 Å². The maximum Gasteiger partial charge on any atom is 0.416 e. The summed E-state index contributed by atoms with van der Waals surface area (Å²) in [7, 11) is 1.10. The molecule has 10 heteroatoms. The van der Waals surface area contributed by atoms with E-state index in [9.17, 15) is 22.4 Å². The van der Waals surface area contributed by atoms with Gasteiger partial charge in [-0.05, 0) is 29.8 Å². The number of methoxy groups -OCH3 is 1. The van der Waals surface area contributed by atoms with E-state index in [4.69, 9.17) is 26.9 Å². The fourth-order valence-corrected chi connectivity index (χ4v) is 2.55. The van der Waals surface area contributed by atoms with Crippen molar-refractivity contribution < 1.29 is 37.5 Å². The van der Waals surface area contributed by atoms with Gasteiger partial charge in [-0.15, -0.1) is 0 Å². The van der Waals surface area contributed by atoms with Gasteiger partial charge in [0.05, 0.1) is 28.8 Å². The summed E-state index contributed by atoms with van der Waals surface area (Å²) in [4.78, 5) is 11.2. The lowest BCUT2D eigenvalue weighted by atomic mass is 10.0. The molecule has 0 aliphatic carbocycles. The second-order valence-corrected chi connectivity index (χ2v) is 5.91. The first kappa shape index (κ1) is 21.4. The van der Waals surface area contributed by atoms with E-state index < -0.39 is 23.5 Å². The Morgan fingerprint density at radius 2 is 1.96 bits per heavy atom. The van der Waals surface area contributed by atoms with Gasteiger partial charge in [-0.1, -0.05) is 17.7 Å². The number of rotatable bonds is 6. The predicted molar refractivity (Wildman–Crippen MR) is 94.7 cm³/mol. The summed E-state index contributed by atoms with van der Waals surface area (Å²) < 4.78 is 57.5. The maximum absolute atomic E-state index is 14.2. The maximum atomic E-state index is 14.2. The van der Waals surface area contributed by atoms with Crippen LogP contribution in [0.4, 0.5) is 23.2 Å². The molecule has 2 rings (SSSR count). The van der Waals surface area contributed by atoms with E-state index >= 15 is 0 Å². The summed E-state index contributed by atoms with van der Waals surface area (Å²) in [6, 6.07) is 5.03. The average Bonchev–Trinajstić information content (AvgIpc) is 2.62. The summed E-state index contributed by atoms with van der Waals surface area (Å²) in [6.45, 7) is 0. The van der Waals surface area contributed by atoms with E-state index in [2.05, 4.69) is 0 Å². The van der Waals surface area contributed by atoms with Gasteiger partial charge in [0.2, 0.25) is 5.69 Å². The molecule has 0 spiro atoms. The molecule has 0 radical (unpaired) electrons. The Morgan fingerprint density at radius 1 is 1.29 bits per heavy atom. The van der Waals surface area contributed by atoms with E-state index in [1.165, 1.54) is 24.4 Å². The number of aromatic carboxylic acids is 1. The van der Waals surface area contributed by atoms with Gasteiger partial charge in [-0.2, -0.15) is 13.2 Å². The Labute approximate surface area is 161 Å². The minimum Gasteiger partial charge on any atom is -0.491 e. The van der Waals surface area contributed by atoms with Crippen molar-refractivity contribution in [3.05, 3.63) is 64.1 Å². The number of nitrogens with two attached hydrogens (primary N) is 1. The number of hydrogen-bond acceptors (Lipinski definition) is 3. The molecule has 2 aromatic rings. The minimum absolute atomic E-state index is 0.0000124. The van der Waals surface area contributed by atoms with Crippen LogP contribution in [0.25, 0.3) is 5.57 Å². The second-order valence-electron chi connectivity index (χ2n) is 5.50. The van der Waals surface area contributed by atoms with Gasteiger partial charge in [-0.3, -0.25) is 5.32 Å². The molecule has 0 fully saturated rings. The molecular weight excluding hydrogens is 404 g/mol. The van der Waals surface area contributed by atoms with Crippen LogP contribution in [-0.2, 0) is 6.18 Å². The zero-order valence-corrected chi connectivity index (χ0v) is 15.0. The van der Waals surface area contributed by atoms with Gasteiger partial charge in [0.25, 0.3) is 0 Å².